The van der Waals surface area contributed by atoms with E-state index in [0.29, 0.717) is 29.7 Å². The molecule has 5 heteroatoms. The van der Waals surface area contributed by atoms with Crippen molar-refractivity contribution < 1.29 is 13.9 Å². The first kappa shape index (κ1) is 23.3. The molecule has 0 saturated heterocycles. The largest absolute Gasteiger partial charge is 0.490 e. The van der Waals surface area contributed by atoms with Gasteiger partial charge in [0, 0.05) is 18.2 Å². The zero-order valence-electron chi connectivity index (χ0n) is 18.0. The van der Waals surface area contributed by atoms with E-state index in [1.54, 1.807) is 18.2 Å². The number of halogens is 2. The molecule has 0 heterocycles. The minimum absolute atomic E-state index is 0.138. The maximum Gasteiger partial charge on any atom is 0.175 e. The number of ether oxygens (including phenoxy) is 2. The normalized spacial score (nSPS) is 11.9. The molecule has 1 atom stereocenters. The fourth-order valence-corrected chi connectivity index (χ4v) is 3.92. The third-order valence-electron chi connectivity index (χ3n) is 5.06. The maximum atomic E-state index is 13.9. The average molecular weight is 486 g/mol. The zero-order chi connectivity index (χ0) is 22.1. The molecular weight excluding hydrogens is 457 g/mol. The van der Waals surface area contributed by atoms with E-state index in [9.17, 15) is 4.39 Å². The lowest BCUT2D eigenvalue weighted by atomic mass is 10.1. The van der Waals surface area contributed by atoms with Gasteiger partial charge in [0.05, 0.1) is 11.1 Å². The van der Waals surface area contributed by atoms with Crippen molar-refractivity contribution in [2.75, 3.05) is 6.61 Å². The van der Waals surface area contributed by atoms with Crippen LogP contribution in [0.5, 0.6) is 11.5 Å². The molecule has 3 rings (SSSR count). The monoisotopic (exact) mass is 485 g/mol. The van der Waals surface area contributed by atoms with Crippen molar-refractivity contribution in [3.8, 4) is 11.5 Å². The van der Waals surface area contributed by atoms with Crippen molar-refractivity contribution in [1.82, 2.24) is 5.32 Å². The van der Waals surface area contributed by atoms with Gasteiger partial charge in [0.25, 0.3) is 0 Å². The van der Waals surface area contributed by atoms with Gasteiger partial charge in [0.15, 0.2) is 11.5 Å². The van der Waals surface area contributed by atoms with Crippen molar-refractivity contribution in [3.05, 3.63) is 93.7 Å². The molecule has 0 aliphatic carbocycles. The van der Waals surface area contributed by atoms with Crippen molar-refractivity contribution in [2.45, 2.75) is 45.9 Å². The number of benzene rings is 3. The number of aryl methyl sites for hydroxylation is 1. The highest BCUT2D eigenvalue weighted by Crippen LogP contribution is 2.37. The highest BCUT2D eigenvalue weighted by molar-refractivity contribution is 9.10. The summed E-state index contributed by atoms with van der Waals surface area (Å²) >= 11 is 3.60. The first-order valence-electron chi connectivity index (χ1n) is 10.7. The van der Waals surface area contributed by atoms with Crippen molar-refractivity contribution in [2.24, 2.45) is 0 Å². The van der Waals surface area contributed by atoms with E-state index < -0.39 is 0 Å². The van der Waals surface area contributed by atoms with Gasteiger partial charge < -0.3 is 14.8 Å². The van der Waals surface area contributed by atoms with Gasteiger partial charge in [0.1, 0.15) is 12.4 Å². The number of nitrogens with one attached hydrogen (secondary N) is 1. The minimum Gasteiger partial charge on any atom is -0.490 e. The maximum absolute atomic E-state index is 13.9. The lowest BCUT2D eigenvalue weighted by Crippen LogP contribution is -2.26. The summed E-state index contributed by atoms with van der Waals surface area (Å²) in [5, 5.41) is 3.58. The van der Waals surface area contributed by atoms with Crippen molar-refractivity contribution >= 4 is 15.9 Å². The Morgan fingerprint density at radius 3 is 2.45 bits per heavy atom. The molecule has 0 amide bonds. The second kappa shape index (κ2) is 11.9. The van der Waals surface area contributed by atoms with Gasteiger partial charge in [-0.05, 0) is 71.9 Å². The first-order valence-corrected chi connectivity index (χ1v) is 11.4. The summed E-state index contributed by atoms with van der Waals surface area (Å²) in [6, 6.07) is 21.6. The smallest absolute Gasteiger partial charge is 0.175 e. The quantitative estimate of drug-likeness (QED) is 0.328. The Balaban J connectivity index is 1.61. The number of hydrogen-bond donors (Lipinski definition) is 1. The van der Waals surface area contributed by atoms with E-state index in [-0.39, 0.29) is 12.4 Å². The number of hydrogen-bond acceptors (Lipinski definition) is 3. The molecule has 0 spiro atoms. The van der Waals surface area contributed by atoms with Crippen LogP contribution in [0.2, 0.25) is 0 Å². The number of rotatable bonds is 11. The third kappa shape index (κ3) is 7.08. The van der Waals surface area contributed by atoms with Gasteiger partial charge in [-0.15, -0.1) is 0 Å². The van der Waals surface area contributed by atoms with Gasteiger partial charge in [-0.3, -0.25) is 0 Å². The van der Waals surface area contributed by atoms with E-state index in [0.717, 1.165) is 29.4 Å². The van der Waals surface area contributed by atoms with Crippen LogP contribution < -0.4 is 14.8 Å². The highest BCUT2D eigenvalue weighted by atomic mass is 79.9. The Morgan fingerprint density at radius 2 is 1.71 bits per heavy atom. The second-order valence-corrected chi connectivity index (χ2v) is 8.38. The van der Waals surface area contributed by atoms with Gasteiger partial charge in [-0.25, -0.2) is 4.39 Å². The fraction of sp³-hybridized carbons (Fsp3) is 0.308. The molecule has 3 nitrogen and oxygen atoms in total. The van der Waals surface area contributed by atoms with Crippen LogP contribution >= 0.6 is 15.9 Å². The average Bonchev–Trinajstić information content (AvgIpc) is 2.77. The summed E-state index contributed by atoms with van der Waals surface area (Å²) in [4.78, 5) is 0. The molecule has 0 unspecified atom stereocenters. The van der Waals surface area contributed by atoms with Crippen LogP contribution in [-0.2, 0) is 19.6 Å². The summed E-state index contributed by atoms with van der Waals surface area (Å²) < 4.78 is 26.5. The SMILES string of the molecule is CCOc1cc(CN[C@H](C)CCc2ccccc2)cc(Br)c1OCc1ccccc1F. The Morgan fingerprint density at radius 1 is 0.968 bits per heavy atom. The van der Waals surface area contributed by atoms with E-state index in [1.807, 2.05) is 25.1 Å². The van der Waals surface area contributed by atoms with Crippen LogP contribution in [0, 0.1) is 5.82 Å². The van der Waals surface area contributed by atoms with Crippen molar-refractivity contribution in [3.63, 3.8) is 0 Å². The van der Waals surface area contributed by atoms with Crippen LogP contribution in [0.15, 0.2) is 71.2 Å². The molecule has 0 aromatic heterocycles. The van der Waals surface area contributed by atoms with E-state index in [4.69, 9.17) is 9.47 Å². The molecular formula is C26H29BrFNO2. The summed E-state index contributed by atoms with van der Waals surface area (Å²) in [7, 11) is 0. The zero-order valence-corrected chi connectivity index (χ0v) is 19.6. The fourth-order valence-electron chi connectivity index (χ4n) is 3.31. The predicted molar refractivity (Wildman–Crippen MR) is 127 cm³/mol. The summed E-state index contributed by atoms with van der Waals surface area (Å²) in [6.07, 6.45) is 2.11. The van der Waals surface area contributed by atoms with Crippen LogP contribution in [0.1, 0.15) is 37.0 Å². The summed E-state index contributed by atoms with van der Waals surface area (Å²) in [5.74, 6) is 0.967. The Labute approximate surface area is 192 Å². The molecule has 164 valence electrons. The van der Waals surface area contributed by atoms with Crippen LogP contribution in [0.25, 0.3) is 0 Å². The van der Waals surface area contributed by atoms with Gasteiger partial charge in [-0.1, -0.05) is 48.5 Å². The van der Waals surface area contributed by atoms with Crippen LogP contribution in [0.3, 0.4) is 0 Å². The molecule has 1 N–H and O–H groups in total. The summed E-state index contributed by atoms with van der Waals surface area (Å²) in [6.45, 7) is 5.52. The second-order valence-electron chi connectivity index (χ2n) is 7.52. The molecule has 0 aliphatic rings. The molecule has 0 fully saturated rings. The van der Waals surface area contributed by atoms with E-state index in [1.165, 1.54) is 11.6 Å². The Hall–Kier alpha value is -2.37. The lowest BCUT2D eigenvalue weighted by molar-refractivity contribution is 0.264. The lowest BCUT2D eigenvalue weighted by Gasteiger charge is -2.18. The van der Waals surface area contributed by atoms with Crippen LogP contribution in [0.4, 0.5) is 4.39 Å². The standard InChI is InChI=1S/C26H29BrFNO2/c1-3-30-25-16-21(17-29-19(2)13-14-20-9-5-4-6-10-20)15-23(27)26(25)31-18-22-11-7-8-12-24(22)28/h4-12,15-16,19,29H,3,13-14,17-18H2,1-2H3/t19-/m1/s1. The third-order valence-corrected chi connectivity index (χ3v) is 5.65. The Bertz CT molecular complexity index is 965. The molecule has 31 heavy (non-hydrogen) atoms. The predicted octanol–water partition coefficient (Wildman–Crippen LogP) is 6.68. The van der Waals surface area contributed by atoms with E-state index >= 15 is 0 Å². The summed E-state index contributed by atoms with van der Waals surface area (Å²) in [5.41, 5.74) is 2.96. The molecule has 0 saturated carbocycles. The van der Waals surface area contributed by atoms with Crippen LogP contribution in [-0.4, -0.2) is 12.6 Å². The molecule has 3 aromatic rings. The molecule has 0 radical (unpaired) electrons. The molecule has 0 aliphatic heterocycles. The first-order chi connectivity index (χ1) is 15.1. The molecule has 0 bridgehead atoms. The van der Waals surface area contributed by atoms with E-state index in [2.05, 4.69) is 52.4 Å². The van der Waals surface area contributed by atoms with Gasteiger partial charge in [-0.2, -0.15) is 0 Å². The van der Waals surface area contributed by atoms with Gasteiger partial charge in [0.2, 0.25) is 0 Å². The highest BCUT2D eigenvalue weighted by Gasteiger charge is 2.14. The Kier molecular flexibility index (Phi) is 8.92. The van der Waals surface area contributed by atoms with Crippen molar-refractivity contribution in [1.29, 1.82) is 0 Å². The topological polar surface area (TPSA) is 30.5 Å². The molecule has 3 aromatic carbocycles. The van der Waals surface area contributed by atoms with Gasteiger partial charge >= 0.3 is 0 Å². The minimum atomic E-state index is -0.276.